The van der Waals surface area contributed by atoms with Crippen molar-refractivity contribution in [2.45, 2.75) is 19.9 Å². The third-order valence-electron chi connectivity index (χ3n) is 2.62. The number of anilines is 2. The molecule has 0 saturated heterocycles. The van der Waals surface area contributed by atoms with Crippen LogP contribution in [0.1, 0.15) is 24.5 Å². The first-order valence-corrected chi connectivity index (χ1v) is 5.41. The average molecular weight is 232 g/mol. The van der Waals surface area contributed by atoms with E-state index in [0.717, 1.165) is 17.3 Å². The van der Waals surface area contributed by atoms with Crippen LogP contribution in [0.3, 0.4) is 0 Å². The van der Waals surface area contributed by atoms with Crippen LogP contribution in [0.4, 0.5) is 11.5 Å². The molecule has 6 nitrogen and oxygen atoms in total. The van der Waals surface area contributed by atoms with Crippen molar-refractivity contribution in [1.82, 2.24) is 19.7 Å². The lowest BCUT2D eigenvalue weighted by Crippen LogP contribution is -2.13. The van der Waals surface area contributed by atoms with Crippen molar-refractivity contribution in [2.24, 2.45) is 7.05 Å². The summed E-state index contributed by atoms with van der Waals surface area (Å²) in [4.78, 5) is 4.36. The Bertz CT molecular complexity index is 518. The SMILES string of the molecule is Cc1nc(NC(C)c2nncn2C)ccc1N. The quantitative estimate of drug-likeness (QED) is 0.833. The van der Waals surface area contributed by atoms with Gasteiger partial charge in [-0.15, -0.1) is 10.2 Å². The molecule has 90 valence electrons. The van der Waals surface area contributed by atoms with Crippen molar-refractivity contribution < 1.29 is 0 Å². The van der Waals surface area contributed by atoms with Crippen LogP contribution >= 0.6 is 0 Å². The summed E-state index contributed by atoms with van der Waals surface area (Å²) in [5, 5.41) is 11.2. The van der Waals surface area contributed by atoms with Gasteiger partial charge in [0.25, 0.3) is 0 Å². The Morgan fingerprint density at radius 3 is 2.76 bits per heavy atom. The molecule has 3 N–H and O–H groups in total. The maximum atomic E-state index is 5.72. The third kappa shape index (κ3) is 2.35. The highest BCUT2D eigenvalue weighted by Gasteiger charge is 2.11. The van der Waals surface area contributed by atoms with E-state index in [2.05, 4.69) is 20.5 Å². The molecule has 2 rings (SSSR count). The number of nitrogens with zero attached hydrogens (tertiary/aromatic N) is 4. The summed E-state index contributed by atoms with van der Waals surface area (Å²) in [6.07, 6.45) is 1.68. The maximum Gasteiger partial charge on any atom is 0.154 e. The van der Waals surface area contributed by atoms with Gasteiger partial charge in [-0.2, -0.15) is 0 Å². The fraction of sp³-hybridized carbons (Fsp3) is 0.364. The number of aromatic nitrogens is 4. The number of hydrogen-bond acceptors (Lipinski definition) is 5. The summed E-state index contributed by atoms with van der Waals surface area (Å²) in [6.45, 7) is 3.89. The Morgan fingerprint density at radius 2 is 2.18 bits per heavy atom. The minimum Gasteiger partial charge on any atom is -0.397 e. The van der Waals surface area contributed by atoms with E-state index in [9.17, 15) is 0 Å². The van der Waals surface area contributed by atoms with Crippen molar-refractivity contribution in [1.29, 1.82) is 0 Å². The van der Waals surface area contributed by atoms with Gasteiger partial charge in [0, 0.05) is 7.05 Å². The molecular formula is C11H16N6. The lowest BCUT2D eigenvalue weighted by Gasteiger charge is -2.14. The van der Waals surface area contributed by atoms with Crippen LogP contribution in [0.25, 0.3) is 0 Å². The van der Waals surface area contributed by atoms with Crippen molar-refractivity contribution in [3.63, 3.8) is 0 Å². The lowest BCUT2D eigenvalue weighted by atomic mass is 10.3. The molecule has 2 aromatic heterocycles. The number of rotatable bonds is 3. The summed E-state index contributed by atoms with van der Waals surface area (Å²) in [5.41, 5.74) is 7.24. The molecule has 17 heavy (non-hydrogen) atoms. The molecule has 6 heteroatoms. The molecular weight excluding hydrogens is 216 g/mol. The number of nitrogens with two attached hydrogens (primary N) is 1. The molecule has 1 atom stereocenters. The van der Waals surface area contributed by atoms with Gasteiger partial charge in [0.1, 0.15) is 12.1 Å². The summed E-state index contributed by atoms with van der Waals surface area (Å²) in [6, 6.07) is 3.74. The van der Waals surface area contributed by atoms with Crippen LogP contribution in [-0.2, 0) is 7.05 Å². The fourth-order valence-electron chi connectivity index (χ4n) is 1.62. The van der Waals surface area contributed by atoms with E-state index in [4.69, 9.17) is 5.73 Å². The third-order valence-corrected chi connectivity index (χ3v) is 2.62. The Hall–Kier alpha value is -2.11. The van der Waals surface area contributed by atoms with Gasteiger partial charge in [0.2, 0.25) is 0 Å². The Kier molecular flexibility index (Phi) is 2.95. The number of aryl methyl sites for hydroxylation is 2. The molecule has 0 radical (unpaired) electrons. The zero-order valence-electron chi connectivity index (χ0n) is 10.2. The van der Waals surface area contributed by atoms with E-state index in [-0.39, 0.29) is 6.04 Å². The first kappa shape index (κ1) is 11.4. The monoisotopic (exact) mass is 232 g/mol. The minimum atomic E-state index is 0.0398. The largest absolute Gasteiger partial charge is 0.397 e. The van der Waals surface area contributed by atoms with Gasteiger partial charge in [-0.05, 0) is 26.0 Å². The van der Waals surface area contributed by atoms with Gasteiger partial charge >= 0.3 is 0 Å². The molecule has 0 amide bonds. The zero-order chi connectivity index (χ0) is 12.4. The minimum absolute atomic E-state index is 0.0398. The van der Waals surface area contributed by atoms with Gasteiger partial charge < -0.3 is 15.6 Å². The molecule has 0 fully saturated rings. The summed E-state index contributed by atoms with van der Waals surface area (Å²) >= 11 is 0. The maximum absolute atomic E-state index is 5.72. The van der Waals surface area contributed by atoms with Gasteiger partial charge in [-0.1, -0.05) is 0 Å². The second kappa shape index (κ2) is 4.40. The average Bonchev–Trinajstić information content (AvgIpc) is 2.70. The Labute approximate surface area is 99.9 Å². The molecule has 0 aliphatic carbocycles. The van der Waals surface area contributed by atoms with Gasteiger partial charge in [0.15, 0.2) is 5.82 Å². The van der Waals surface area contributed by atoms with E-state index in [1.165, 1.54) is 0 Å². The number of pyridine rings is 1. The van der Waals surface area contributed by atoms with Crippen LogP contribution in [0, 0.1) is 6.92 Å². The molecule has 0 aromatic carbocycles. The molecule has 0 spiro atoms. The Morgan fingerprint density at radius 1 is 1.41 bits per heavy atom. The predicted octanol–water partition coefficient (Wildman–Crippen LogP) is 1.27. The molecule has 1 unspecified atom stereocenters. The summed E-state index contributed by atoms with van der Waals surface area (Å²) in [7, 11) is 1.91. The number of hydrogen-bond donors (Lipinski definition) is 2. The smallest absolute Gasteiger partial charge is 0.154 e. The molecule has 2 heterocycles. The summed E-state index contributed by atoms with van der Waals surface area (Å²) in [5.74, 6) is 1.65. The highest BCUT2D eigenvalue weighted by atomic mass is 15.3. The first-order chi connectivity index (χ1) is 8.08. The van der Waals surface area contributed by atoms with Crippen LogP contribution < -0.4 is 11.1 Å². The van der Waals surface area contributed by atoms with E-state index in [0.29, 0.717) is 5.69 Å². The van der Waals surface area contributed by atoms with Crippen LogP contribution in [-0.4, -0.2) is 19.7 Å². The number of nitrogens with one attached hydrogen (secondary N) is 1. The molecule has 0 bridgehead atoms. The van der Waals surface area contributed by atoms with Crippen molar-refractivity contribution in [2.75, 3.05) is 11.1 Å². The van der Waals surface area contributed by atoms with E-state index < -0.39 is 0 Å². The van der Waals surface area contributed by atoms with Gasteiger partial charge in [0.05, 0.1) is 17.4 Å². The van der Waals surface area contributed by atoms with E-state index in [1.807, 2.05) is 37.6 Å². The highest BCUT2D eigenvalue weighted by Crippen LogP contribution is 2.17. The Balaban J connectivity index is 2.16. The summed E-state index contributed by atoms with van der Waals surface area (Å²) < 4.78 is 1.88. The van der Waals surface area contributed by atoms with Crippen LogP contribution in [0.2, 0.25) is 0 Å². The fourth-order valence-corrected chi connectivity index (χ4v) is 1.62. The normalized spacial score (nSPS) is 12.4. The van der Waals surface area contributed by atoms with Crippen LogP contribution in [0.15, 0.2) is 18.5 Å². The van der Waals surface area contributed by atoms with Gasteiger partial charge in [-0.3, -0.25) is 0 Å². The van der Waals surface area contributed by atoms with Crippen LogP contribution in [0.5, 0.6) is 0 Å². The zero-order valence-corrected chi connectivity index (χ0v) is 10.2. The standard InChI is InChI=1S/C11H16N6/c1-7-9(12)4-5-10(14-7)15-8(2)11-16-13-6-17(11)3/h4-6,8H,12H2,1-3H3,(H,14,15). The molecule has 2 aromatic rings. The van der Waals surface area contributed by atoms with Crippen molar-refractivity contribution in [3.05, 3.63) is 30.0 Å². The molecule has 0 aliphatic heterocycles. The second-order valence-electron chi connectivity index (χ2n) is 4.04. The lowest BCUT2D eigenvalue weighted by molar-refractivity contribution is 0.716. The predicted molar refractivity (Wildman–Crippen MR) is 66.4 cm³/mol. The van der Waals surface area contributed by atoms with Gasteiger partial charge in [-0.25, -0.2) is 4.98 Å². The number of nitrogen functional groups attached to an aromatic ring is 1. The first-order valence-electron chi connectivity index (χ1n) is 5.41. The topological polar surface area (TPSA) is 81.7 Å². The molecule has 0 saturated carbocycles. The highest BCUT2D eigenvalue weighted by molar-refractivity contribution is 5.49. The van der Waals surface area contributed by atoms with E-state index in [1.54, 1.807) is 6.33 Å². The van der Waals surface area contributed by atoms with Crippen molar-refractivity contribution in [3.8, 4) is 0 Å². The second-order valence-corrected chi connectivity index (χ2v) is 4.04. The van der Waals surface area contributed by atoms with E-state index >= 15 is 0 Å². The molecule has 0 aliphatic rings. The van der Waals surface area contributed by atoms with Crippen molar-refractivity contribution >= 4 is 11.5 Å².